The molecule has 3 rings (SSSR count). The summed E-state index contributed by atoms with van der Waals surface area (Å²) in [5.41, 5.74) is 0.620. The molecule has 1 atom stereocenters. The Kier molecular flexibility index (Phi) is 7.37. The van der Waals surface area contributed by atoms with Gasteiger partial charge >= 0.3 is 6.09 Å². The SMILES string of the molecule is CCOc1cc(C)nc(N2CCN(C(=O)C3=NO[C@@H](CNC(=O)OC(C)(C)C)C3)CC2)n1. The van der Waals surface area contributed by atoms with Crippen LogP contribution in [0, 0.1) is 6.92 Å². The van der Waals surface area contributed by atoms with Crippen LogP contribution >= 0.6 is 0 Å². The number of carbonyl (C=O) groups excluding carboxylic acids is 2. The van der Waals surface area contributed by atoms with Gasteiger partial charge in [0.15, 0.2) is 6.10 Å². The van der Waals surface area contributed by atoms with E-state index in [1.54, 1.807) is 31.7 Å². The van der Waals surface area contributed by atoms with Gasteiger partial charge in [0, 0.05) is 44.4 Å². The van der Waals surface area contributed by atoms with Gasteiger partial charge in [-0.05, 0) is 34.6 Å². The summed E-state index contributed by atoms with van der Waals surface area (Å²) >= 11 is 0. The number of rotatable bonds is 6. The van der Waals surface area contributed by atoms with E-state index in [2.05, 4.69) is 20.4 Å². The van der Waals surface area contributed by atoms with E-state index in [-0.39, 0.29) is 18.6 Å². The fraction of sp³-hybridized carbons (Fsp3) is 0.667. The van der Waals surface area contributed by atoms with Crippen molar-refractivity contribution in [1.29, 1.82) is 0 Å². The topological polar surface area (TPSA) is 118 Å². The maximum atomic E-state index is 12.8. The third-order valence-electron chi connectivity index (χ3n) is 4.81. The van der Waals surface area contributed by atoms with E-state index in [9.17, 15) is 9.59 Å². The van der Waals surface area contributed by atoms with Crippen LogP contribution in [0.3, 0.4) is 0 Å². The molecular formula is C21H32N6O5. The average molecular weight is 449 g/mol. The zero-order chi connectivity index (χ0) is 23.3. The highest BCUT2D eigenvalue weighted by Gasteiger charge is 2.32. The van der Waals surface area contributed by atoms with Gasteiger partial charge in [-0.3, -0.25) is 4.79 Å². The highest BCUT2D eigenvalue weighted by Crippen LogP contribution is 2.18. The molecule has 1 N–H and O–H groups in total. The number of ether oxygens (including phenoxy) is 2. The Bertz CT molecular complexity index is 861. The molecule has 11 nitrogen and oxygen atoms in total. The molecule has 32 heavy (non-hydrogen) atoms. The minimum absolute atomic E-state index is 0.149. The third kappa shape index (κ3) is 6.44. The van der Waals surface area contributed by atoms with Crippen LogP contribution in [0.5, 0.6) is 5.88 Å². The highest BCUT2D eigenvalue weighted by atomic mass is 16.6. The fourth-order valence-corrected chi connectivity index (χ4v) is 3.36. The van der Waals surface area contributed by atoms with Gasteiger partial charge in [-0.2, -0.15) is 4.98 Å². The summed E-state index contributed by atoms with van der Waals surface area (Å²) in [7, 11) is 0. The number of hydrogen-bond donors (Lipinski definition) is 1. The number of anilines is 1. The molecule has 0 aromatic carbocycles. The molecule has 0 bridgehead atoms. The first-order valence-electron chi connectivity index (χ1n) is 10.9. The molecule has 11 heteroatoms. The largest absolute Gasteiger partial charge is 0.478 e. The lowest BCUT2D eigenvalue weighted by Gasteiger charge is -2.34. The molecule has 0 spiro atoms. The minimum Gasteiger partial charge on any atom is -0.478 e. The minimum atomic E-state index is -0.575. The number of hydrogen-bond acceptors (Lipinski definition) is 9. The first kappa shape index (κ1) is 23.6. The Balaban J connectivity index is 1.46. The molecule has 2 aliphatic heterocycles. The lowest BCUT2D eigenvalue weighted by Crippen LogP contribution is -2.51. The predicted molar refractivity (Wildman–Crippen MR) is 118 cm³/mol. The molecule has 1 aromatic heterocycles. The van der Waals surface area contributed by atoms with Crippen molar-refractivity contribution in [1.82, 2.24) is 20.2 Å². The third-order valence-corrected chi connectivity index (χ3v) is 4.81. The van der Waals surface area contributed by atoms with E-state index in [0.29, 0.717) is 56.7 Å². The van der Waals surface area contributed by atoms with Crippen LogP contribution in [-0.2, 0) is 14.4 Å². The number of alkyl carbamates (subject to hydrolysis) is 1. The van der Waals surface area contributed by atoms with Crippen molar-refractivity contribution in [3.63, 3.8) is 0 Å². The van der Waals surface area contributed by atoms with Crippen molar-refractivity contribution in [3.05, 3.63) is 11.8 Å². The van der Waals surface area contributed by atoms with E-state index >= 15 is 0 Å². The van der Waals surface area contributed by atoms with Crippen LogP contribution in [0.1, 0.15) is 39.8 Å². The zero-order valence-electron chi connectivity index (χ0n) is 19.4. The maximum absolute atomic E-state index is 12.8. The summed E-state index contributed by atoms with van der Waals surface area (Å²) in [6, 6.07) is 1.80. The van der Waals surface area contributed by atoms with Gasteiger partial charge in [-0.1, -0.05) is 5.16 Å². The van der Waals surface area contributed by atoms with E-state index in [0.717, 1.165) is 5.69 Å². The Morgan fingerprint density at radius 2 is 1.94 bits per heavy atom. The van der Waals surface area contributed by atoms with E-state index in [4.69, 9.17) is 14.3 Å². The summed E-state index contributed by atoms with van der Waals surface area (Å²) in [4.78, 5) is 42.7. The van der Waals surface area contributed by atoms with Crippen molar-refractivity contribution in [2.24, 2.45) is 5.16 Å². The maximum Gasteiger partial charge on any atom is 0.407 e. The number of oxime groups is 1. The first-order valence-corrected chi connectivity index (χ1v) is 10.9. The Morgan fingerprint density at radius 1 is 1.22 bits per heavy atom. The average Bonchev–Trinajstić information content (AvgIpc) is 3.19. The van der Waals surface area contributed by atoms with E-state index < -0.39 is 11.7 Å². The zero-order valence-corrected chi connectivity index (χ0v) is 19.4. The molecule has 0 unspecified atom stereocenters. The summed E-state index contributed by atoms with van der Waals surface area (Å²) in [5, 5.41) is 6.59. The Morgan fingerprint density at radius 3 is 2.59 bits per heavy atom. The summed E-state index contributed by atoms with van der Waals surface area (Å²) < 4.78 is 10.7. The van der Waals surface area contributed by atoms with Crippen molar-refractivity contribution >= 4 is 23.7 Å². The summed E-state index contributed by atoms with van der Waals surface area (Å²) in [5.74, 6) is 1.01. The summed E-state index contributed by atoms with van der Waals surface area (Å²) in [6.45, 7) is 12.2. The van der Waals surface area contributed by atoms with Crippen LogP contribution in [-0.4, -0.2) is 83.6 Å². The molecule has 0 radical (unpaired) electrons. The molecule has 1 saturated heterocycles. The molecule has 1 aromatic rings. The van der Waals surface area contributed by atoms with Crippen molar-refractivity contribution < 1.29 is 23.9 Å². The molecule has 0 saturated carbocycles. The van der Waals surface area contributed by atoms with E-state index in [1.165, 1.54) is 0 Å². The van der Waals surface area contributed by atoms with Crippen molar-refractivity contribution in [2.45, 2.75) is 52.7 Å². The predicted octanol–water partition coefficient (Wildman–Crippen LogP) is 1.50. The highest BCUT2D eigenvalue weighted by molar-refractivity contribution is 6.39. The number of carbonyl (C=O) groups is 2. The lowest BCUT2D eigenvalue weighted by molar-refractivity contribution is -0.124. The van der Waals surface area contributed by atoms with Crippen LogP contribution in [0.15, 0.2) is 11.2 Å². The molecule has 2 amide bonds. The van der Waals surface area contributed by atoms with Gasteiger partial charge in [0.1, 0.15) is 11.3 Å². The van der Waals surface area contributed by atoms with Gasteiger partial charge in [-0.15, -0.1) is 0 Å². The molecular weight excluding hydrogens is 416 g/mol. The number of piperazine rings is 1. The van der Waals surface area contributed by atoms with Crippen molar-refractivity contribution in [2.75, 3.05) is 44.2 Å². The second-order valence-electron chi connectivity index (χ2n) is 8.71. The quantitative estimate of drug-likeness (QED) is 0.696. The number of nitrogens with zero attached hydrogens (tertiary/aromatic N) is 5. The van der Waals surface area contributed by atoms with Crippen LogP contribution in [0.4, 0.5) is 10.7 Å². The normalized spacial score (nSPS) is 18.7. The lowest BCUT2D eigenvalue weighted by atomic mass is 10.1. The van der Waals surface area contributed by atoms with Crippen LogP contribution < -0.4 is 15.0 Å². The standard InChI is InChI=1S/C21H32N6O5/c1-6-30-17-11-14(2)23-19(24-17)27-9-7-26(8-10-27)18(28)16-12-15(32-25-16)13-22-20(29)31-21(3,4)5/h11,15H,6-10,12-13H2,1-5H3,(H,22,29)/t15-/m1/s1. The number of amides is 2. The number of nitrogens with one attached hydrogen (secondary N) is 1. The Labute approximate surface area is 188 Å². The summed E-state index contributed by atoms with van der Waals surface area (Å²) in [6.07, 6.45) is -0.573. The second kappa shape index (κ2) is 10.0. The van der Waals surface area contributed by atoms with Gasteiger partial charge in [0.05, 0.1) is 13.2 Å². The molecule has 3 heterocycles. The molecule has 1 fully saturated rings. The smallest absolute Gasteiger partial charge is 0.407 e. The van der Waals surface area contributed by atoms with Gasteiger partial charge < -0.3 is 29.4 Å². The Hall–Kier alpha value is -3.11. The first-order chi connectivity index (χ1) is 15.1. The number of aryl methyl sites for hydroxylation is 1. The van der Waals surface area contributed by atoms with Gasteiger partial charge in [0.25, 0.3) is 5.91 Å². The van der Waals surface area contributed by atoms with Crippen molar-refractivity contribution in [3.8, 4) is 5.88 Å². The van der Waals surface area contributed by atoms with Gasteiger partial charge in [-0.25, -0.2) is 9.78 Å². The fourth-order valence-electron chi connectivity index (χ4n) is 3.36. The second-order valence-corrected chi connectivity index (χ2v) is 8.71. The molecule has 176 valence electrons. The molecule has 0 aliphatic carbocycles. The number of aromatic nitrogens is 2. The van der Waals surface area contributed by atoms with Gasteiger partial charge in [0.2, 0.25) is 11.8 Å². The van der Waals surface area contributed by atoms with Crippen LogP contribution in [0.2, 0.25) is 0 Å². The monoisotopic (exact) mass is 448 g/mol. The molecule has 2 aliphatic rings. The van der Waals surface area contributed by atoms with E-state index in [1.807, 2.05) is 18.7 Å². The van der Waals surface area contributed by atoms with Crippen LogP contribution in [0.25, 0.3) is 0 Å².